The topological polar surface area (TPSA) is 34.0 Å². The lowest BCUT2D eigenvalue weighted by molar-refractivity contribution is 0.0938. The molecule has 1 aliphatic rings. The van der Waals surface area contributed by atoms with Crippen LogP contribution in [0, 0.1) is 5.92 Å². The molecule has 0 saturated carbocycles. The highest BCUT2D eigenvalue weighted by atomic mass is 79.9. The van der Waals surface area contributed by atoms with Gasteiger partial charge < -0.3 is 9.88 Å². The summed E-state index contributed by atoms with van der Waals surface area (Å²) < 4.78 is 2.79. The van der Waals surface area contributed by atoms with Gasteiger partial charge in [-0.05, 0) is 52.3 Å². The average molecular weight is 317 g/mol. The number of carbonyl (C=O) groups is 1. The van der Waals surface area contributed by atoms with E-state index in [-0.39, 0.29) is 5.91 Å². The first kappa shape index (κ1) is 13.0. The maximum absolute atomic E-state index is 12.0. The minimum absolute atomic E-state index is 0.0245. The molecule has 0 aromatic carbocycles. The number of aryl methyl sites for hydroxylation is 1. The molecule has 3 nitrogen and oxygen atoms in total. The Balaban J connectivity index is 1.86. The molecule has 17 heavy (non-hydrogen) atoms. The van der Waals surface area contributed by atoms with Gasteiger partial charge in [-0.3, -0.25) is 4.79 Å². The molecule has 5 heteroatoms. The summed E-state index contributed by atoms with van der Waals surface area (Å²) in [6, 6.07) is 1.85. The highest BCUT2D eigenvalue weighted by Crippen LogP contribution is 2.22. The van der Waals surface area contributed by atoms with Gasteiger partial charge in [0.2, 0.25) is 0 Å². The van der Waals surface area contributed by atoms with Crippen LogP contribution in [0.4, 0.5) is 0 Å². The average Bonchev–Trinajstić information content (AvgIpc) is 2.67. The van der Waals surface area contributed by atoms with Crippen LogP contribution in [0.1, 0.15) is 23.3 Å². The summed E-state index contributed by atoms with van der Waals surface area (Å²) in [5.74, 6) is 3.15. The Morgan fingerprint density at radius 3 is 2.88 bits per heavy atom. The third-order valence-corrected chi connectivity index (χ3v) is 4.58. The fourth-order valence-electron chi connectivity index (χ4n) is 2.03. The lowest BCUT2D eigenvalue weighted by Crippen LogP contribution is -2.31. The molecule has 0 aliphatic carbocycles. The molecule has 1 aromatic rings. The number of hydrogen-bond donors (Lipinski definition) is 1. The van der Waals surface area contributed by atoms with E-state index in [1.54, 1.807) is 0 Å². The molecule has 2 heterocycles. The number of rotatable bonds is 3. The van der Waals surface area contributed by atoms with Gasteiger partial charge in [0.1, 0.15) is 5.69 Å². The van der Waals surface area contributed by atoms with E-state index in [2.05, 4.69) is 21.2 Å². The minimum atomic E-state index is 0.0245. The lowest BCUT2D eigenvalue weighted by Gasteiger charge is -2.21. The van der Waals surface area contributed by atoms with Crippen molar-refractivity contribution in [2.24, 2.45) is 13.0 Å². The number of halogens is 1. The first-order valence-electron chi connectivity index (χ1n) is 5.84. The summed E-state index contributed by atoms with van der Waals surface area (Å²) in [7, 11) is 1.89. The molecule has 0 atom stereocenters. The number of thioether (sulfide) groups is 1. The first-order valence-corrected chi connectivity index (χ1v) is 7.79. The normalized spacial score (nSPS) is 17.1. The molecular weight excluding hydrogens is 300 g/mol. The number of aromatic nitrogens is 1. The molecule has 0 bridgehead atoms. The molecule has 94 valence electrons. The van der Waals surface area contributed by atoms with Crippen molar-refractivity contribution < 1.29 is 4.79 Å². The van der Waals surface area contributed by atoms with Gasteiger partial charge in [-0.1, -0.05) is 0 Å². The summed E-state index contributed by atoms with van der Waals surface area (Å²) in [6.07, 6.45) is 4.34. The van der Waals surface area contributed by atoms with Crippen LogP contribution in [-0.4, -0.2) is 28.5 Å². The van der Waals surface area contributed by atoms with Crippen molar-refractivity contribution in [1.82, 2.24) is 9.88 Å². The van der Waals surface area contributed by atoms with Gasteiger partial charge in [-0.25, -0.2) is 0 Å². The number of nitrogens with one attached hydrogen (secondary N) is 1. The van der Waals surface area contributed by atoms with Crippen LogP contribution in [0.3, 0.4) is 0 Å². The predicted octanol–water partition coefficient (Wildman–Crippen LogP) is 2.66. The Morgan fingerprint density at radius 2 is 2.29 bits per heavy atom. The van der Waals surface area contributed by atoms with Crippen LogP contribution in [-0.2, 0) is 7.05 Å². The first-order chi connectivity index (χ1) is 8.16. The SMILES string of the molecule is Cn1cc(Br)cc1C(=O)NCC1CCSCC1. The van der Waals surface area contributed by atoms with Crippen molar-refractivity contribution in [3.63, 3.8) is 0 Å². The van der Waals surface area contributed by atoms with Crippen molar-refractivity contribution in [2.45, 2.75) is 12.8 Å². The zero-order chi connectivity index (χ0) is 12.3. The molecule has 2 rings (SSSR count). The van der Waals surface area contributed by atoms with Gasteiger partial charge in [0.15, 0.2) is 0 Å². The monoisotopic (exact) mass is 316 g/mol. The van der Waals surface area contributed by atoms with Gasteiger partial charge in [0.25, 0.3) is 5.91 Å². The number of nitrogens with zero attached hydrogens (tertiary/aromatic N) is 1. The minimum Gasteiger partial charge on any atom is -0.350 e. The molecule has 1 aromatic heterocycles. The van der Waals surface area contributed by atoms with Crippen LogP contribution in [0.2, 0.25) is 0 Å². The highest BCUT2D eigenvalue weighted by Gasteiger charge is 2.16. The Kier molecular flexibility index (Phi) is 4.56. The van der Waals surface area contributed by atoms with Crippen LogP contribution < -0.4 is 5.32 Å². The standard InChI is InChI=1S/C12H17BrN2OS/c1-15-8-10(13)6-11(15)12(16)14-7-9-2-4-17-5-3-9/h6,8-9H,2-5,7H2,1H3,(H,14,16). The fourth-order valence-corrected chi connectivity index (χ4v) is 3.76. The molecule has 0 unspecified atom stereocenters. The second-order valence-corrected chi connectivity index (χ2v) is 6.56. The van der Waals surface area contributed by atoms with E-state index in [1.165, 1.54) is 24.3 Å². The molecule has 1 saturated heterocycles. The maximum atomic E-state index is 12.0. The van der Waals surface area contributed by atoms with E-state index < -0.39 is 0 Å². The Hall–Kier alpha value is -0.420. The third-order valence-electron chi connectivity index (χ3n) is 3.10. The predicted molar refractivity (Wildman–Crippen MR) is 75.5 cm³/mol. The summed E-state index contributed by atoms with van der Waals surface area (Å²) in [5.41, 5.74) is 0.710. The second kappa shape index (κ2) is 5.96. The van der Waals surface area contributed by atoms with Crippen LogP contribution in [0.25, 0.3) is 0 Å². The van der Waals surface area contributed by atoms with Gasteiger partial charge in [0, 0.05) is 24.3 Å². The van der Waals surface area contributed by atoms with Gasteiger partial charge in [-0.2, -0.15) is 11.8 Å². The molecule has 0 radical (unpaired) electrons. The Labute approximate surface area is 114 Å². The quantitative estimate of drug-likeness (QED) is 0.930. The Bertz CT molecular complexity index is 399. The zero-order valence-corrected chi connectivity index (χ0v) is 12.3. The number of amides is 1. The number of hydrogen-bond acceptors (Lipinski definition) is 2. The molecule has 1 aliphatic heterocycles. The van der Waals surface area contributed by atoms with E-state index in [9.17, 15) is 4.79 Å². The van der Waals surface area contributed by atoms with E-state index in [0.717, 1.165) is 11.0 Å². The largest absolute Gasteiger partial charge is 0.350 e. The van der Waals surface area contributed by atoms with Crippen LogP contribution in [0.5, 0.6) is 0 Å². The smallest absolute Gasteiger partial charge is 0.267 e. The molecule has 1 N–H and O–H groups in total. The molecule has 1 amide bonds. The van der Waals surface area contributed by atoms with Crippen molar-refractivity contribution in [2.75, 3.05) is 18.1 Å². The molecule has 0 spiro atoms. The highest BCUT2D eigenvalue weighted by molar-refractivity contribution is 9.10. The van der Waals surface area contributed by atoms with Crippen LogP contribution >= 0.6 is 27.7 Å². The van der Waals surface area contributed by atoms with E-state index in [0.29, 0.717) is 11.6 Å². The van der Waals surface area contributed by atoms with Gasteiger partial charge >= 0.3 is 0 Å². The van der Waals surface area contributed by atoms with Crippen LogP contribution in [0.15, 0.2) is 16.7 Å². The van der Waals surface area contributed by atoms with Gasteiger partial charge in [-0.15, -0.1) is 0 Å². The third kappa shape index (κ3) is 3.52. The van der Waals surface area contributed by atoms with Crippen molar-refractivity contribution >= 4 is 33.6 Å². The van der Waals surface area contributed by atoms with E-state index in [1.807, 2.05) is 35.6 Å². The van der Waals surface area contributed by atoms with E-state index >= 15 is 0 Å². The fraction of sp³-hybridized carbons (Fsp3) is 0.583. The summed E-state index contributed by atoms with van der Waals surface area (Å²) in [5, 5.41) is 3.03. The second-order valence-electron chi connectivity index (χ2n) is 4.42. The maximum Gasteiger partial charge on any atom is 0.267 e. The summed E-state index contributed by atoms with van der Waals surface area (Å²) in [6.45, 7) is 0.808. The molecular formula is C12H17BrN2OS. The zero-order valence-electron chi connectivity index (χ0n) is 9.91. The van der Waals surface area contributed by atoms with Gasteiger partial charge in [0.05, 0.1) is 0 Å². The Morgan fingerprint density at radius 1 is 1.59 bits per heavy atom. The molecule has 1 fully saturated rings. The summed E-state index contributed by atoms with van der Waals surface area (Å²) in [4.78, 5) is 12.0. The van der Waals surface area contributed by atoms with Crippen molar-refractivity contribution in [3.05, 3.63) is 22.4 Å². The lowest BCUT2D eigenvalue weighted by atomic mass is 10.0. The summed E-state index contributed by atoms with van der Waals surface area (Å²) >= 11 is 5.39. The number of carbonyl (C=O) groups excluding carboxylic acids is 1. The van der Waals surface area contributed by atoms with E-state index in [4.69, 9.17) is 0 Å². The van der Waals surface area contributed by atoms with Crippen molar-refractivity contribution in [3.8, 4) is 0 Å². The van der Waals surface area contributed by atoms with Crippen molar-refractivity contribution in [1.29, 1.82) is 0 Å².